The molecule has 1 amide bonds. The molecule has 1 saturated carbocycles. The summed E-state index contributed by atoms with van der Waals surface area (Å²) in [6.45, 7) is 0. The van der Waals surface area contributed by atoms with Crippen LogP contribution in [0.4, 0.5) is 4.79 Å². The minimum Gasteiger partial charge on any atom is -0.434 e. The largest absolute Gasteiger partial charge is 0.434 e. The molecule has 2 aliphatic rings. The van der Waals surface area contributed by atoms with Crippen molar-refractivity contribution in [2.45, 2.75) is 31.4 Å². The third kappa shape index (κ3) is 2.58. The quantitative estimate of drug-likeness (QED) is 0.936. The van der Waals surface area contributed by atoms with Crippen molar-refractivity contribution in [3.05, 3.63) is 54.3 Å². The number of nitrogens with one attached hydrogen (secondary N) is 1. The van der Waals surface area contributed by atoms with E-state index in [1.807, 2.05) is 30.3 Å². The third-order valence-corrected chi connectivity index (χ3v) is 4.23. The number of amides is 1. The highest BCUT2D eigenvalue weighted by Gasteiger charge is 2.50. The van der Waals surface area contributed by atoms with E-state index in [0.29, 0.717) is 5.84 Å². The van der Waals surface area contributed by atoms with E-state index < -0.39 is 11.8 Å². The number of benzene rings is 1. The third-order valence-electron chi connectivity index (χ3n) is 4.23. The molecule has 7 heteroatoms. The van der Waals surface area contributed by atoms with Crippen LogP contribution in [0.2, 0.25) is 0 Å². The number of hydrogen-bond acceptors (Lipinski definition) is 6. The van der Waals surface area contributed by atoms with Gasteiger partial charge in [-0.05, 0) is 18.9 Å². The van der Waals surface area contributed by atoms with E-state index in [1.165, 1.54) is 6.26 Å². The van der Waals surface area contributed by atoms with E-state index in [1.54, 1.807) is 17.1 Å². The van der Waals surface area contributed by atoms with Crippen LogP contribution in [-0.4, -0.2) is 22.7 Å². The van der Waals surface area contributed by atoms with Crippen LogP contribution >= 0.6 is 0 Å². The van der Waals surface area contributed by atoms with Gasteiger partial charge in [-0.3, -0.25) is 0 Å². The Kier molecular flexibility index (Phi) is 3.60. The normalized spacial score (nSPS) is 18.3. The molecular formula is C17H17N3O4. The van der Waals surface area contributed by atoms with Crippen molar-refractivity contribution in [3.63, 3.8) is 0 Å². The summed E-state index contributed by atoms with van der Waals surface area (Å²) in [5.74, 6) is 0.695. The molecule has 1 aliphatic heterocycles. The first kappa shape index (κ1) is 14.6. The Morgan fingerprint density at radius 1 is 1.17 bits per heavy atom. The Bertz CT molecular complexity index is 736. The van der Waals surface area contributed by atoms with Crippen molar-refractivity contribution in [1.29, 1.82) is 0 Å². The second-order valence-corrected chi connectivity index (χ2v) is 5.79. The fourth-order valence-corrected chi connectivity index (χ4v) is 3.10. The Balaban J connectivity index is 1.57. The molecule has 1 aromatic heterocycles. The summed E-state index contributed by atoms with van der Waals surface area (Å²) in [5.41, 5.74) is 2.97. The Morgan fingerprint density at radius 3 is 2.67 bits per heavy atom. The monoisotopic (exact) mass is 327 g/mol. The number of nitrogens with zero attached hydrogens (tertiary/aromatic N) is 2. The summed E-state index contributed by atoms with van der Waals surface area (Å²) in [6.07, 6.45) is 4.40. The lowest BCUT2D eigenvalue weighted by molar-refractivity contribution is -0.106. The average Bonchev–Trinajstić information content (AvgIpc) is 3.33. The number of ether oxygens (including phenoxy) is 1. The molecule has 7 nitrogen and oxygen atoms in total. The maximum Gasteiger partial charge on any atom is 0.434 e. The molecule has 1 aromatic carbocycles. The number of hydrogen-bond donors (Lipinski definition) is 1. The fourth-order valence-electron chi connectivity index (χ4n) is 3.10. The van der Waals surface area contributed by atoms with Crippen molar-refractivity contribution >= 4 is 11.9 Å². The van der Waals surface area contributed by atoms with Crippen molar-refractivity contribution in [2.24, 2.45) is 5.16 Å². The second-order valence-electron chi connectivity index (χ2n) is 5.79. The van der Waals surface area contributed by atoms with Crippen LogP contribution in [0.1, 0.15) is 31.2 Å². The molecule has 1 aliphatic carbocycles. The van der Waals surface area contributed by atoms with E-state index in [9.17, 15) is 4.79 Å². The molecule has 0 bridgehead atoms. The zero-order chi connectivity index (χ0) is 16.4. The maximum absolute atomic E-state index is 12.2. The number of furan rings is 1. The summed E-state index contributed by atoms with van der Waals surface area (Å²) in [4.78, 5) is 18.0. The van der Waals surface area contributed by atoms with Gasteiger partial charge in [0.05, 0.1) is 6.26 Å². The molecule has 24 heavy (non-hydrogen) atoms. The number of amidine groups is 1. The van der Waals surface area contributed by atoms with Crippen LogP contribution in [0.15, 0.2) is 58.3 Å². The predicted molar refractivity (Wildman–Crippen MR) is 85.0 cm³/mol. The molecule has 4 rings (SSSR count). The van der Waals surface area contributed by atoms with Crippen LogP contribution in [0.25, 0.3) is 0 Å². The van der Waals surface area contributed by atoms with Gasteiger partial charge in [-0.25, -0.2) is 15.2 Å². The van der Waals surface area contributed by atoms with Crippen LogP contribution in [-0.2, 0) is 4.84 Å². The van der Waals surface area contributed by atoms with Crippen molar-refractivity contribution in [1.82, 2.24) is 10.4 Å². The van der Waals surface area contributed by atoms with Crippen LogP contribution in [0, 0.1) is 0 Å². The first-order valence-corrected chi connectivity index (χ1v) is 7.91. The first-order chi connectivity index (χ1) is 11.8. The summed E-state index contributed by atoms with van der Waals surface area (Å²) in [7, 11) is 0. The number of hydrazine groups is 1. The molecule has 1 fully saturated rings. The smallest absolute Gasteiger partial charge is 0.434 e. The van der Waals surface area contributed by atoms with E-state index in [2.05, 4.69) is 10.6 Å². The van der Waals surface area contributed by atoms with Crippen LogP contribution < -0.4 is 10.2 Å². The molecule has 2 aromatic rings. The SMILES string of the molecule is O=C(NN1C(c2ccccc2)=NOC12CCCC2)Oc1ccco1. The molecule has 2 heterocycles. The van der Waals surface area contributed by atoms with Gasteiger partial charge in [-0.2, -0.15) is 0 Å². The standard InChI is InChI=1S/C17H17N3O4/c21-16(23-14-9-6-12-22-14)18-20-15(13-7-2-1-3-8-13)19-24-17(20)10-4-5-11-17/h1-3,6-9,12H,4-5,10-11H2,(H,18,21). The van der Waals surface area contributed by atoms with Gasteiger partial charge in [-0.1, -0.05) is 35.5 Å². The lowest BCUT2D eigenvalue weighted by atomic mass is 10.1. The van der Waals surface area contributed by atoms with Crippen LogP contribution in [0.5, 0.6) is 5.95 Å². The zero-order valence-electron chi connectivity index (χ0n) is 13.0. The van der Waals surface area contributed by atoms with E-state index in [4.69, 9.17) is 14.0 Å². The lowest BCUT2D eigenvalue weighted by Gasteiger charge is -2.33. The van der Waals surface area contributed by atoms with Crippen molar-refractivity contribution in [2.75, 3.05) is 0 Å². The minimum absolute atomic E-state index is 0.131. The maximum atomic E-state index is 12.2. The Morgan fingerprint density at radius 2 is 1.96 bits per heavy atom. The molecule has 1 spiro atoms. The Labute approximate surface area is 138 Å². The van der Waals surface area contributed by atoms with Gasteiger partial charge in [-0.15, -0.1) is 0 Å². The first-order valence-electron chi connectivity index (χ1n) is 7.91. The number of oxime groups is 1. The fraction of sp³-hybridized carbons (Fsp3) is 0.294. The topological polar surface area (TPSA) is 76.3 Å². The zero-order valence-corrected chi connectivity index (χ0v) is 13.0. The molecule has 0 atom stereocenters. The van der Waals surface area contributed by atoms with Gasteiger partial charge in [0.1, 0.15) is 0 Å². The molecule has 0 saturated heterocycles. The van der Waals surface area contributed by atoms with Crippen LogP contribution in [0.3, 0.4) is 0 Å². The summed E-state index contributed by atoms with van der Waals surface area (Å²) >= 11 is 0. The van der Waals surface area contributed by atoms with Gasteiger partial charge in [0.15, 0.2) is 5.84 Å². The summed E-state index contributed by atoms with van der Waals surface area (Å²) in [6, 6.07) is 12.8. The van der Waals surface area contributed by atoms with Gasteiger partial charge >= 0.3 is 6.09 Å². The lowest BCUT2D eigenvalue weighted by Crippen LogP contribution is -2.57. The average molecular weight is 327 g/mol. The molecule has 124 valence electrons. The minimum atomic E-state index is -0.648. The van der Waals surface area contributed by atoms with Gasteiger partial charge in [0, 0.05) is 24.5 Å². The molecular weight excluding hydrogens is 310 g/mol. The number of carbonyl (C=O) groups is 1. The van der Waals surface area contributed by atoms with Crippen molar-refractivity contribution < 1.29 is 18.8 Å². The van der Waals surface area contributed by atoms with Gasteiger partial charge in [0.25, 0.3) is 5.95 Å². The van der Waals surface area contributed by atoms with E-state index in [-0.39, 0.29) is 5.95 Å². The predicted octanol–water partition coefficient (Wildman–Crippen LogP) is 3.25. The molecule has 1 N–H and O–H groups in total. The van der Waals surface area contributed by atoms with E-state index >= 15 is 0 Å². The Hall–Kier alpha value is -2.96. The highest BCUT2D eigenvalue weighted by Crippen LogP contribution is 2.40. The van der Waals surface area contributed by atoms with Gasteiger partial charge < -0.3 is 14.0 Å². The van der Waals surface area contributed by atoms with E-state index in [0.717, 1.165) is 31.2 Å². The summed E-state index contributed by atoms with van der Waals surface area (Å²) < 4.78 is 10.2. The molecule has 0 radical (unpaired) electrons. The van der Waals surface area contributed by atoms with Gasteiger partial charge in [0.2, 0.25) is 5.72 Å². The molecule has 0 unspecified atom stereocenters. The second kappa shape index (κ2) is 5.92. The highest BCUT2D eigenvalue weighted by molar-refractivity contribution is 6.00. The number of rotatable bonds is 3. The summed E-state index contributed by atoms with van der Waals surface area (Å²) in [5, 5.41) is 5.90. The highest BCUT2D eigenvalue weighted by atomic mass is 16.7. The number of carbonyl (C=O) groups excluding carboxylic acids is 1. The van der Waals surface area contributed by atoms with Crippen molar-refractivity contribution in [3.8, 4) is 5.95 Å².